The largest absolute Gasteiger partial charge is 0.488 e. The van der Waals surface area contributed by atoms with Crippen molar-refractivity contribution in [3.8, 4) is 5.75 Å². The number of halogens is 2. The molecule has 36 heavy (non-hydrogen) atoms. The number of unbranched alkanes of at least 4 members (excludes halogenated alkanes) is 1. The van der Waals surface area contributed by atoms with E-state index in [0.717, 1.165) is 27.4 Å². The Labute approximate surface area is 224 Å². The van der Waals surface area contributed by atoms with Gasteiger partial charge in [0.1, 0.15) is 18.2 Å². The van der Waals surface area contributed by atoms with Crippen molar-refractivity contribution in [3.63, 3.8) is 0 Å². The summed E-state index contributed by atoms with van der Waals surface area (Å²) in [5.74, 6) is 0.200. The standard InChI is InChI=1S/C27H23Br2N3O4/c1-2-3-4-25-31-23-11-9-21(29)14-22(23)26(33)32(25)30-15-19-13-20(28)10-12-24(19)36-16-17-5-7-18(8-6-17)27(34)35/h5-15H,2-4,16H2,1H3,(H,34,35). The fourth-order valence-electron chi connectivity index (χ4n) is 3.59. The van der Waals surface area contributed by atoms with E-state index in [1.165, 1.54) is 4.68 Å². The summed E-state index contributed by atoms with van der Waals surface area (Å²) < 4.78 is 9.00. The lowest BCUT2D eigenvalue weighted by atomic mass is 10.1. The van der Waals surface area contributed by atoms with Gasteiger partial charge in [-0.05, 0) is 60.5 Å². The smallest absolute Gasteiger partial charge is 0.335 e. The Kier molecular flexibility index (Phi) is 8.32. The monoisotopic (exact) mass is 611 g/mol. The van der Waals surface area contributed by atoms with Gasteiger partial charge in [0.25, 0.3) is 5.56 Å². The number of carboxylic acids is 1. The molecule has 4 rings (SSSR count). The van der Waals surface area contributed by atoms with Gasteiger partial charge in [-0.15, -0.1) is 0 Å². The number of fused-ring (bicyclic) bond motifs is 1. The Morgan fingerprint density at radius 2 is 1.81 bits per heavy atom. The van der Waals surface area contributed by atoms with Crippen molar-refractivity contribution in [2.45, 2.75) is 32.8 Å². The number of aromatic nitrogens is 2. The van der Waals surface area contributed by atoms with Crippen LogP contribution in [0.5, 0.6) is 5.75 Å². The van der Waals surface area contributed by atoms with Gasteiger partial charge in [-0.3, -0.25) is 4.79 Å². The number of hydrogen-bond donors (Lipinski definition) is 1. The molecule has 4 aromatic rings. The van der Waals surface area contributed by atoms with Gasteiger partial charge in [0.15, 0.2) is 0 Å². The highest BCUT2D eigenvalue weighted by atomic mass is 79.9. The number of rotatable bonds is 9. The van der Waals surface area contributed by atoms with Crippen molar-refractivity contribution < 1.29 is 14.6 Å². The third-order valence-corrected chi connectivity index (χ3v) is 6.50. The van der Waals surface area contributed by atoms with Crippen LogP contribution in [0.2, 0.25) is 0 Å². The molecular formula is C27H23Br2N3O4. The third kappa shape index (κ3) is 6.09. The van der Waals surface area contributed by atoms with E-state index in [1.54, 1.807) is 36.5 Å². The number of carbonyl (C=O) groups is 1. The molecule has 0 aliphatic heterocycles. The zero-order chi connectivity index (χ0) is 25.7. The Morgan fingerprint density at radius 1 is 1.08 bits per heavy atom. The summed E-state index contributed by atoms with van der Waals surface area (Å²) in [6.45, 7) is 2.33. The quantitative estimate of drug-likeness (QED) is 0.220. The summed E-state index contributed by atoms with van der Waals surface area (Å²) in [4.78, 5) is 29.1. The van der Waals surface area contributed by atoms with Crippen molar-refractivity contribution in [2.75, 3.05) is 0 Å². The van der Waals surface area contributed by atoms with Crippen molar-refractivity contribution in [1.82, 2.24) is 9.66 Å². The van der Waals surface area contributed by atoms with Crippen LogP contribution in [0.1, 0.15) is 47.1 Å². The first-order valence-electron chi connectivity index (χ1n) is 11.4. The van der Waals surface area contributed by atoms with Crippen molar-refractivity contribution in [3.05, 3.63) is 102 Å². The molecule has 9 heteroatoms. The van der Waals surface area contributed by atoms with Crippen molar-refractivity contribution >= 4 is 54.9 Å². The highest BCUT2D eigenvalue weighted by molar-refractivity contribution is 9.10. The molecule has 0 unspecified atom stereocenters. The number of hydrogen-bond acceptors (Lipinski definition) is 5. The van der Waals surface area contributed by atoms with Gasteiger partial charge >= 0.3 is 5.97 Å². The number of aromatic carboxylic acids is 1. The van der Waals surface area contributed by atoms with Gasteiger partial charge in [-0.25, -0.2) is 9.78 Å². The molecule has 0 saturated carbocycles. The van der Waals surface area contributed by atoms with Crippen molar-refractivity contribution in [1.29, 1.82) is 0 Å². The van der Waals surface area contributed by atoms with Crippen LogP contribution in [0.3, 0.4) is 0 Å². The normalized spacial score (nSPS) is 11.3. The summed E-state index contributed by atoms with van der Waals surface area (Å²) in [5, 5.41) is 14.1. The molecule has 1 N–H and O–H groups in total. The highest BCUT2D eigenvalue weighted by Gasteiger charge is 2.12. The van der Waals surface area contributed by atoms with E-state index < -0.39 is 5.97 Å². The molecular weight excluding hydrogens is 590 g/mol. The van der Waals surface area contributed by atoms with E-state index in [4.69, 9.17) is 14.8 Å². The maximum Gasteiger partial charge on any atom is 0.335 e. The minimum absolute atomic E-state index is 0.218. The predicted octanol–water partition coefficient (Wildman–Crippen LogP) is 6.42. The van der Waals surface area contributed by atoms with Crippen LogP contribution in [0.15, 0.2) is 79.5 Å². The first-order chi connectivity index (χ1) is 17.4. The second-order valence-electron chi connectivity index (χ2n) is 8.13. The number of nitrogens with zero attached hydrogens (tertiary/aromatic N) is 3. The summed E-state index contributed by atoms with van der Waals surface area (Å²) in [6, 6.07) is 17.5. The number of ether oxygens (including phenoxy) is 1. The molecule has 1 heterocycles. The van der Waals surface area contributed by atoms with Gasteiger partial charge in [0, 0.05) is 20.9 Å². The van der Waals surface area contributed by atoms with Gasteiger partial charge in [-0.1, -0.05) is 57.3 Å². The Balaban J connectivity index is 1.67. The lowest BCUT2D eigenvalue weighted by molar-refractivity contribution is 0.0697. The average molecular weight is 613 g/mol. The van der Waals surface area contributed by atoms with Crippen LogP contribution >= 0.6 is 31.9 Å². The molecule has 1 aromatic heterocycles. The molecule has 7 nitrogen and oxygen atoms in total. The molecule has 0 radical (unpaired) electrons. The molecule has 0 saturated heterocycles. The van der Waals surface area contributed by atoms with Gasteiger partial charge in [0.05, 0.1) is 22.7 Å². The first kappa shape index (κ1) is 25.8. The lowest BCUT2D eigenvalue weighted by Gasteiger charge is -2.11. The second kappa shape index (κ2) is 11.6. The molecule has 0 amide bonds. The molecule has 0 atom stereocenters. The Morgan fingerprint density at radius 3 is 2.53 bits per heavy atom. The van der Waals surface area contributed by atoms with Crippen molar-refractivity contribution in [2.24, 2.45) is 5.10 Å². The zero-order valence-corrected chi connectivity index (χ0v) is 22.6. The van der Waals surface area contributed by atoms with Gasteiger partial charge < -0.3 is 9.84 Å². The van der Waals surface area contributed by atoms with E-state index in [0.29, 0.717) is 34.5 Å². The van der Waals surface area contributed by atoms with Crippen LogP contribution < -0.4 is 10.3 Å². The topological polar surface area (TPSA) is 93.8 Å². The van der Waals surface area contributed by atoms with Crippen LogP contribution in [-0.2, 0) is 13.0 Å². The fraction of sp³-hybridized carbons (Fsp3) is 0.185. The lowest BCUT2D eigenvalue weighted by Crippen LogP contribution is -2.22. The maximum absolute atomic E-state index is 13.3. The highest BCUT2D eigenvalue weighted by Crippen LogP contribution is 2.23. The molecule has 0 bridgehead atoms. The minimum atomic E-state index is -0.974. The average Bonchev–Trinajstić information content (AvgIpc) is 2.87. The van der Waals surface area contributed by atoms with Crippen LogP contribution in [0.4, 0.5) is 0 Å². The van der Waals surface area contributed by atoms with E-state index in [9.17, 15) is 9.59 Å². The number of aryl methyl sites for hydroxylation is 1. The summed E-state index contributed by atoms with van der Waals surface area (Å²) >= 11 is 6.91. The molecule has 0 aliphatic carbocycles. The molecule has 0 aliphatic rings. The predicted molar refractivity (Wildman–Crippen MR) is 147 cm³/mol. The van der Waals surface area contributed by atoms with Crippen LogP contribution in [0, 0.1) is 0 Å². The van der Waals surface area contributed by atoms with Crippen LogP contribution in [0.25, 0.3) is 10.9 Å². The van der Waals surface area contributed by atoms with E-state index in [-0.39, 0.29) is 17.7 Å². The third-order valence-electron chi connectivity index (χ3n) is 5.51. The molecule has 3 aromatic carbocycles. The van der Waals surface area contributed by atoms with Crippen LogP contribution in [-0.4, -0.2) is 27.0 Å². The maximum atomic E-state index is 13.3. The fourth-order valence-corrected chi connectivity index (χ4v) is 4.33. The van der Waals surface area contributed by atoms with E-state index >= 15 is 0 Å². The Hall–Kier alpha value is -3.30. The summed E-state index contributed by atoms with van der Waals surface area (Å²) in [5.41, 5.74) is 2.12. The molecule has 0 fully saturated rings. The summed E-state index contributed by atoms with van der Waals surface area (Å²) in [7, 11) is 0. The SMILES string of the molecule is CCCCc1nc2ccc(Br)cc2c(=O)n1N=Cc1cc(Br)ccc1OCc1ccc(C(=O)O)cc1. The second-order valence-corrected chi connectivity index (χ2v) is 9.96. The number of benzene rings is 3. The first-order valence-corrected chi connectivity index (χ1v) is 12.9. The van der Waals surface area contributed by atoms with Gasteiger partial charge in [-0.2, -0.15) is 9.78 Å². The van der Waals surface area contributed by atoms with E-state index in [2.05, 4.69) is 43.9 Å². The molecule has 184 valence electrons. The minimum Gasteiger partial charge on any atom is -0.488 e. The molecule has 0 spiro atoms. The summed E-state index contributed by atoms with van der Waals surface area (Å²) in [6.07, 6.45) is 4.07. The number of carboxylic acid groups (broad SMARTS) is 1. The van der Waals surface area contributed by atoms with Gasteiger partial charge in [0.2, 0.25) is 0 Å². The Bertz CT molecular complexity index is 1500. The van der Waals surface area contributed by atoms with E-state index in [1.807, 2.05) is 30.3 Å². The zero-order valence-electron chi connectivity index (χ0n) is 19.4.